The van der Waals surface area contributed by atoms with Crippen molar-refractivity contribution in [3.63, 3.8) is 0 Å². The molecule has 3 aromatic heterocycles. The number of nitrogens with two attached hydrogens (primary N) is 1. The summed E-state index contributed by atoms with van der Waals surface area (Å²) in [4.78, 5) is 34.8. The topological polar surface area (TPSA) is 138 Å². The van der Waals surface area contributed by atoms with Gasteiger partial charge in [-0.2, -0.15) is 5.10 Å². The molecule has 1 amide bonds. The van der Waals surface area contributed by atoms with Crippen LogP contribution in [0.15, 0.2) is 60.0 Å². The number of carbonyl (C=O) groups excluding carboxylic acids is 2. The van der Waals surface area contributed by atoms with Crippen LogP contribution in [0.25, 0.3) is 17.8 Å². The largest absolute Gasteiger partial charge is 0.486 e. The van der Waals surface area contributed by atoms with E-state index in [1.165, 1.54) is 47.1 Å². The molecule has 3 aromatic rings. The predicted octanol–water partition coefficient (Wildman–Crippen LogP) is 3.18. The van der Waals surface area contributed by atoms with E-state index in [9.17, 15) is 27.2 Å². The number of carbonyl (C=O) groups is 2. The lowest BCUT2D eigenvalue weighted by Crippen LogP contribution is -2.41. The summed E-state index contributed by atoms with van der Waals surface area (Å²) in [6.07, 6.45) is 5.78. The molecule has 0 aromatic carbocycles. The van der Waals surface area contributed by atoms with E-state index >= 15 is 0 Å². The summed E-state index contributed by atoms with van der Waals surface area (Å²) in [5.41, 5.74) is 8.10. The zero-order chi connectivity index (χ0) is 33.7. The molecule has 0 bridgehead atoms. The molecule has 11 nitrogen and oxygen atoms in total. The molecule has 1 atom stereocenters. The van der Waals surface area contributed by atoms with E-state index in [1.807, 2.05) is 0 Å². The third-order valence-corrected chi connectivity index (χ3v) is 7.22. The number of aryl methyl sites for hydroxylation is 1. The summed E-state index contributed by atoms with van der Waals surface area (Å²) in [6, 6.07) is 3.10. The molecular weight excluding hydrogens is 624 g/mol. The second-order valence-corrected chi connectivity index (χ2v) is 10.7. The average molecular weight is 657 g/mol. The number of ketones is 1. The Morgan fingerprint density at radius 1 is 1.23 bits per heavy atom. The van der Waals surface area contributed by atoms with Gasteiger partial charge in [0.2, 0.25) is 11.7 Å². The SMILES string of the molecule is Cc1cc(OC/C(F)=C\C=C/C(C)F)ncc1-n1ncc(C(=O)c2cc3c([nH]2)=CCC(N2CCOCC2=O)=C(OCC(F)F)C=3)c1N. The molecule has 3 N–H and O–H groups in total. The van der Waals surface area contributed by atoms with Crippen LogP contribution in [0.3, 0.4) is 0 Å². The van der Waals surface area contributed by atoms with Gasteiger partial charge in [0.25, 0.3) is 12.3 Å². The first-order chi connectivity index (χ1) is 22.5. The summed E-state index contributed by atoms with van der Waals surface area (Å²) in [5, 5.41) is 5.30. The van der Waals surface area contributed by atoms with Gasteiger partial charge in [0.15, 0.2) is 0 Å². The fourth-order valence-corrected chi connectivity index (χ4v) is 4.94. The molecule has 1 aliphatic carbocycles. The molecule has 0 saturated carbocycles. The maximum atomic E-state index is 14.0. The number of nitrogen functional groups attached to an aromatic ring is 1. The normalized spacial score (nSPS) is 16.2. The Kier molecular flexibility index (Phi) is 10.2. The van der Waals surface area contributed by atoms with E-state index in [-0.39, 0.29) is 54.2 Å². The fraction of sp³-hybridized carbons (Fsp3) is 0.312. The van der Waals surface area contributed by atoms with E-state index in [0.29, 0.717) is 34.1 Å². The number of alkyl halides is 3. The van der Waals surface area contributed by atoms with E-state index in [1.54, 1.807) is 25.1 Å². The number of fused-ring (bicyclic) bond motifs is 1. The Labute approximate surface area is 266 Å². The molecule has 15 heteroatoms. The summed E-state index contributed by atoms with van der Waals surface area (Å²) in [6.45, 7) is 2.19. The highest BCUT2D eigenvalue weighted by atomic mass is 19.3. The maximum absolute atomic E-state index is 14.0. The van der Waals surface area contributed by atoms with Crippen molar-refractivity contribution in [1.29, 1.82) is 0 Å². The van der Waals surface area contributed by atoms with Gasteiger partial charge >= 0.3 is 0 Å². The molecule has 0 spiro atoms. The van der Waals surface area contributed by atoms with Crippen LogP contribution in [0.4, 0.5) is 23.4 Å². The number of pyridine rings is 1. The van der Waals surface area contributed by atoms with Gasteiger partial charge in [0.1, 0.15) is 43.4 Å². The standard InChI is InChI=1S/C32H32F4N6O5/c1-18-10-29(47-15-21(34)5-3-4-19(2)33)38-14-26(18)42-32(37)22(13-39-42)31(44)24-11-20-12-27(46-16-28(35)36)25(7-6-23(20)40-24)41-8-9-45-17-30(41)43/h3-6,10-14,19,28,40H,7-9,15-17,37H2,1-2H3/b4-3-,21-5+. The summed E-state index contributed by atoms with van der Waals surface area (Å²) < 4.78 is 70.3. The van der Waals surface area contributed by atoms with Gasteiger partial charge in [-0.05, 0) is 37.6 Å². The monoisotopic (exact) mass is 656 g/mol. The van der Waals surface area contributed by atoms with Crippen LogP contribution in [0, 0.1) is 6.92 Å². The van der Waals surface area contributed by atoms with Gasteiger partial charge in [-0.3, -0.25) is 9.59 Å². The fourth-order valence-electron chi connectivity index (χ4n) is 4.94. The number of nitrogens with zero attached hydrogens (tertiary/aromatic N) is 4. The van der Waals surface area contributed by atoms with Gasteiger partial charge in [-0.25, -0.2) is 27.2 Å². The zero-order valence-corrected chi connectivity index (χ0v) is 25.5. The van der Waals surface area contributed by atoms with Gasteiger partial charge in [-0.1, -0.05) is 18.2 Å². The number of aromatic amines is 1. The van der Waals surface area contributed by atoms with Crippen LogP contribution < -0.4 is 21.0 Å². The summed E-state index contributed by atoms with van der Waals surface area (Å²) >= 11 is 0. The highest BCUT2D eigenvalue weighted by Gasteiger charge is 2.27. The molecular formula is C32H32F4N6O5. The van der Waals surface area contributed by atoms with E-state index in [0.717, 1.165) is 6.08 Å². The number of amides is 1. The van der Waals surface area contributed by atoms with Crippen LogP contribution in [0.2, 0.25) is 0 Å². The van der Waals surface area contributed by atoms with E-state index in [4.69, 9.17) is 19.9 Å². The number of nitrogens with one attached hydrogen (secondary N) is 1. The van der Waals surface area contributed by atoms with Crippen molar-refractivity contribution >= 4 is 29.7 Å². The molecule has 0 radical (unpaired) electrons. The van der Waals surface area contributed by atoms with E-state index in [2.05, 4.69) is 15.1 Å². The molecule has 4 heterocycles. The van der Waals surface area contributed by atoms with E-state index < -0.39 is 37.4 Å². The first kappa shape index (κ1) is 33.2. The number of allylic oxidation sites excluding steroid dienone is 5. The lowest BCUT2D eigenvalue weighted by Gasteiger charge is -2.29. The van der Waals surface area contributed by atoms with Gasteiger partial charge < -0.3 is 29.8 Å². The second kappa shape index (κ2) is 14.5. The van der Waals surface area contributed by atoms with Crippen LogP contribution in [0.1, 0.15) is 35.0 Å². The lowest BCUT2D eigenvalue weighted by atomic mass is 10.1. The summed E-state index contributed by atoms with van der Waals surface area (Å²) in [5.74, 6) is -1.15. The Bertz CT molecular complexity index is 1880. The molecule has 2 aliphatic rings. The van der Waals surface area contributed by atoms with Crippen LogP contribution in [-0.2, 0) is 14.3 Å². The Morgan fingerprint density at radius 2 is 2.04 bits per heavy atom. The molecule has 1 unspecified atom stereocenters. The highest BCUT2D eigenvalue weighted by molar-refractivity contribution is 6.10. The smallest absolute Gasteiger partial charge is 0.272 e. The number of aromatic nitrogens is 4. The van der Waals surface area contributed by atoms with Gasteiger partial charge in [0, 0.05) is 29.6 Å². The Hall–Kier alpha value is -5.18. The number of H-pyrrole nitrogens is 1. The third-order valence-electron chi connectivity index (χ3n) is 7.22. The first-order valence-corrected chi connectivity index (χ1v) is 14.6. The maximum Gasteiger partial charge on any atom is 0.272 e. The molecule has 1 fully saturated rings. The molecule has 5 rings (SSSR count). The van der Waals surface area contributed by atoms with Crippen LogP contribution in [-0.4, -0.2) is 81.9 Å². The number of anilines is 1. The Balaban J connectivity index is 1.37. The molecule has 248 valence electrons. The molecule has 47 heavy (non-hydrogen) atoms. The van der Waals surface area contributed by atoms with Crippen LogP contribution >= 0.6 is 0 Å². The van der Waals surface area contributed by atoms with Crippen molar-refractivity contribution < 1.29 is 41.4 Å². The first-order valence-electron chi connectivity index (χ1n) is 14.6. The highest BCUT2D eigenvalue weighted by Crippen LogP contribution is 2.25. The molecule has 1 saturated heterocycles. The van der Waals surface area contributed by atoms with Crippen molar-refractivity contribution in [2.24, 2.45) is 0 Å². The second-order valence-electron chi connectivity index (χ2n) is 10.7. The minimum atomic E-state index is -2.74. The quantitative estimate of drug-likeness (QED) is 0.172. The number of morpholine rings is 1. The number of hydrogen-bond donors (Lipinski definition) is 2. The number of hydrogen-bond acceptors (Lipinski definition) is 8. The minimum Gasteiger partial charge on any atom is -0.486 e. The van der Waals surface area contributed by atoms with Crippen molar-refractivity contribution in [3.8, 4) is 11.6 Å². The third kappa shape index (κ3) is 7.80. The number of rotatable bonds is 12. The average Bonchev–Trinajstić information content (AvgIpc) is 3.57. The van der Waals surface area contributed by atoms with Gasteiger partial charge in [-0.15, -0.1) is 0 Å². The number of halogens is 4. The van der Waals surface area contributed by atoms with Crippen molar-refractivity contribution in [2.75, 3.05) is 38.7 Å². The Morgan fingerprint density at radius 3 is 2.77 bits per heavy atom. The minimum absolute atomic E-state index is 0.0307. The van der Waals surface area contributed by atoms with Crippen LogP contribution in [0.5, 0.6) is 5.88 Å². The lowest BCUT2D eigenvalue weighted by molar-refractivity contribution is -0.140. The summed E-state index contributed by atoms with van der Waals surface area (Å²) in [7, 11) is 0. The predicted molar refractivity (Wildman–Crippen MR) is 163 cm³/mol. The van der Waals surface area contributed by atoms with Gasteiger partial charge in [0.05, 0.1) is 41.6 Å². The molecule has 1 aliphatic heterocycles. The van der Waals surface area contributed by atoms with Crippen molar-refractivity contribution in [1.82, 2.24) is 24.6 Å². The zero-order valence-electron chi connectivity index (χ0n) is 25.5. The van der Waals surface area contributed by atoms with Crippen molar-refractivity contribution in [3.05, 3.63) is 87.4 Å². The van der Waals surface area contributed by atoms with Crippen molar-refractivity contribution in [2.45, 2.75) is 32.9 Å². The number of ether oxygens (including phenoxy) is 3.